The molecule has 0 aliphatic rings. The first-order chi connectivity index (χ1) is 9.94. The van der Waals surface area contributed by atoms with Crippen molar-refractivity contribution in [3.8, 4) is 0 Å². The van der Waals surface area contributed by atoms with E-state index in [4.69, 9.17) is 5.11 Å². The standard InChI is InChI=1S/C13H10F2N2O3S/c14-9-2-1-7(3-10(9)15)4-11(18)17-13-16-8(6-21-13)5-12(19)20/h1-3,6H,4-5H2,(H,19,20)(H,16,17,18). The quantitative estimate of drug-likeness (QED) is 0.887. The summed E-state index contributed by atoms with van der Waals surface area (Å²) in [4.78, 5) is 26.2. The largest absolute Gasteiger partial charge is 0.481 e. The number of hydrogen-bond donors (Lipinski definition) is 2. The Morgan fingerprint density at radius 2 is 2.00 bits per heavy atom. The lowest BCUT2D eigenvalue weighted by molar-refractivity contribution is -0.136. The van der Waals surface area contributed by atoms with Gasteiger partial charge in [0.25, 0.3) is 0 Å². The number of amides is 1. The number of halogens is 2. The summed E-state index contributed by atoms with van der Waals surface area (Å²) < 4.78 is 25.8. The van der Waals surface area contributed by atoms with Gasteiger partial charge in [-0.15, -0.1) is 11.3 Å². The maximum atomic E-state index is 13.0. The zero-order valence-electron chi connectivity index (χ0n) is 10.6. The molecule has 8 heteroatoms. The number of benzene rings is 1. The molecule has 0 aliphatic heterocycles. The van der Waals surface area contributed by atoms with Crippen LogP contribution in [0, 0.1) is 11.6 Å². The lowest BCUT2D eigenvalue weighted by Crippen LogP contribution is -2.14. The average Bonchev–Trinajstić information content (AvgIpc) is 2.80. The number of carbonyl (C=O) groups is 2. The van der Waals surface area contributed by atoms with Crippen LogP contribution in [0.3, 0.4) is 0 Å². The van der Waals surface area contributed by atoms with Gasteiger partial charge in [-0.2, -0.15) is 0 Å². The fourth-order valence-corrected chi connectivity index (χ4v) is 2.33. The molecule has 0 fully saturated rings. The van der Waals surface area contributed by atoms with E-state index in [-0.39, 0.29) is 18.0 Å². The van der Waals surface area contributed by atoms with E-state index >= 15 is 0 Å². The Hall–Kier alpha value is -2.35. The lowest BCUT2D eigenvalue weighted by Gasteiger charge is -2.02. The van der Waals surface area contributed by atoms with E-state index in [0.29, 0.717) is 11.3 Å². The highest BCUT2D eigenvalue weighted by atomic mass is 32.1. The molecule has 0 saturated heterocycles. The molecule has 2 N–H and O–H groups in total. The topological polar surface area (TPSA) is 79.3 Å². The summed E-state index contributed by atoms with van der Waals surface area (Å²) in [5.74, 6) is -3.45. The van der Waals surface area contributed by atoms with E-state index in [2.05, 4.69) is 10.3 Å². The van der Waals surface area contributed by atoms with Crippen molar-refractivity contribution in [1.29, 1.82) is 0 Å². The van der Waals surface area contributed by atoms with Gasteiger partial charge < -0.3 is 10.4 Å². The number of thiazole rings is 1. The van der Waals surface area contributed by atoms with Crippen molar-refractivity contribution in [1.82, 2.24) is 4.98 Å². The molecule has 21 heavy (non-hydrogen) atoms. The molecule has 0 atom stereocenters. The highest BCUT2D eigenvalue weighted by molar-refractivity contribution is 7.13. The van der Waals surface area contributed by atoms with Gasteiger partial charge in [-0.05, 0) is 17.7 Å². The monoisotopic (exact) mass is 312 g/mol. The van der Waals surface area contributed by atoms with Gasteiger partial charge in [0.15, 0.2) is 16.8 Å². The second-order valence-corrected chi connectivity index (χ2v) is 5.05. The molecule has 2 rings (SSSR count). The molecule has 110 valence electrons. The van der Waals surface area contributed by atoms with E-state index in [1.807, 2.05) is 0 Å². The maximum Gasteiger partial charge on any atom is 0.309 e. The third-order valence-corrected chi connectivity index (χ3v) is 3.29. The van der Waals surface area contributed by atoms with Crippen LogP contribution in [0.1, 0.15) is 11.3 Å². The second kappa shape index (κ2) is 6.40. The summed E-state index contributed by atoms with van der Waals surface area (Å²) in [7, 11) is 0. The second-order valence-electron chi connectivity index (χ2n) is 4.19. The van der Waals surface area contributed by atoms with Gasteiger partial charge in [-0.3, -0.25) is 9.59 Å². The number of carboxylic acids is 1. The molecule has 5 nitrogen and oxygen atoms in total. The first-order valence-electron chi connectivity index (χ1n) is 5.84. The highest BCUT2D eigenvalue weighted by Gasteiger charge is 2.11. The number of anilines is 1. The molecule has 1 amide bonds. The highest BCUT2D eigenvalue weighted by Crippen LogP contribution is 2.16. The maximum absolute atomic E-state index is 13.0. The Kier molecular flexibility index (Phi) is 4.59. The third-order valence-electron chi connectivity index (χ3n) is 2.48. The summed E-state index contributed by atoms with van der Waals surface area (Å²) in [6.07, 6.45) is -0.361. The summed E-state index contributed by atoms with van der Waals surface area (Å²) in [5.41, 5.74) is 0.671. The third kappa shape index (κ3) is 4.32. The van der Waals surface area contributed by atoms with E-state index in [9.17, 15) is 18.4 Å². The van der Waals surface area contributed by atoms with Gasteiger partial charge in [0.1, 0.15) is 0 Å². The van der Waals surface area contributed by atoms with Gasteiger partial charge >= 0.3 is 5.97 Å². The minimum atomic E-state index is -1.02. The Bertz CT molecular complexity index is 688. The molecule has 0 radical (unpaired) electrons. The van der Waals surface area contributed by atoms with Crippen LogP contribution in [0.25, 0.3) is 0 Å². The van der Waals surface area contributed by atoms with Crippen molar-refractivity contribution in [3.63, 3.8) is 0 Å². The van der Waals surface area contributed by atoms with Crippen LogP contribution in [0.5, 0.6) is 0 Å². The van der Waals surface area contributed by atoms with Gasteiger partial charge in [-0.1, -0.05) is 6.07 Å². The van der Waals surface area contributed by atoms with Crippen LogP contribution >= 0.6 is 11.3 Å². The van der Waals surface area contributed by atoms with Gasteiger partial charge in [0.2, 0.25) is 5.91 Å². The van der Waals surface area contributed by atoms with E-state index in [1.165, 1.54) is 11.4 Å². The SMILES string of the molecule is O=C(O)Cc1csc(NC(=O)Cc2ccc(F)c(F)c2)n1. The summed E-state index contributed by atoms with van der Waals surface area (Å²) in [6.45, 7) is 0. The van der Waals surface area contributed by atoms with Crippen LogP contribution in [-0.2, 0) is 22.4 Å². The predicted octanol–water partition coefficient (Wildman–Crippen LogP) is 2.23. The normalized spacial score (nSPS) is 10.4. The average molecular weight is 312 g/mol. The number of rotatable bonds is 5. The Morgan fingerprint density at radius 1 is 1.24 bits per heavy atom. The van der Waals surface area contributed by atoms with Crippen molar-refractivity contribution in [2.45, 2.75) is 12.8 Å². The fraction of sp³-hybridized carbons (Fsp3) is 0.154. The van der Waals surface area contributed by atoms with Crippen molar-refractivity contribution in [3.05, 3.63) is 46.5 Å². The summed E-state index contributed by atoms with van der Waals surface area (Å²) in [5, 5.41) is 12.9. The van der Waals surface area contributed by atoms with Crippen LogP contribution < -0.4 is 5.32 Å². The molecule has 2 aromatic rings. The molecule has 0 unspecified atom stereocenters. The zero-order valence-corrected chi connectivity index (χ0v) is 11.4. The Balaban J connectivity index is 1.96. The van der Waals surface area contributed by atoms with Crippen LogP contribution in [0.2, 0.25) is 0 Å². The zero-order chi connectivity index (χ0) is 15.4. The molecule has 0 aliphatic carbocycles. The summed E-state index contributed by atoms with van der Waals surface area (Å²) >= 11 is 1.10. The number of carbonyl (C=O) groups excluding carboxylic acids is 1. The summed E-state index contributed by atoms with van der Waals surface area (Å²) in [6, 6.07) is 3.22. The molecule has 1 heterocycles. The van der Waals surface area contributed by atoms with Gasteiger partial charge in [-0.25, -0.2) is 13.8 Å². The van der Waals surface area contributed by atoms with E-state index in [0.717, 1.165) is 23.5 Å². The van der Waals surface area contributed by atoms with Crippen LogP contribution in [0.4, 0.5) is 13.9 Å². The number of nitrogens with zero attached hydrogens (tertiary/aromatic N) is 1. The predicted molar refractivity (Wildman–Crippen MR) is 72.1 cm³/mol. The number of aromatic nitrogens is 1. The number of aliphatic carboxylic acids is 1. The first kappa shape index (κ1) is 15.0. The number of carboxylic acid groups (broad SMARTS) is 1. The number of nitrogens with one attached hydrogen (secondary N) is 1. The van der Waals surface area contributed by atoms with E-state index < -0.39 is 23.5 Å². The number of hydrogen-bond acceptors (Lipinski definition) is 4. The minimum absolute atomic E-state index is 0.134. The smallest absolute Gasteiger partial charge is 0.309 e. The molecule has 0 bridgehead atoms. The molecule has 1 aromatic carbocycles. The molecule has 1 aromatic heterocycles. The first-order valence-corrected chi connectivity index (χ1v) is 6.72. The van der Waals surface area contributed by atoms with Crippen LogP contribution in [0.15, 0.2) is 23.6 Å². The lowest BCUT2D eigenvalue weighted by atomic mass is 10.1. The molecular formula is C13H10F2N2O3S. The molecular weight excluding hydrogens is 302 g/mol. The van der Waals surface area contributed by atoms with Crippen molar-refractivity contribution >= 4 is 28.3 Å². The molecule has 0 saturated carbocycles. The van der Waals surface area contributed by atoms with Crippen molar-refractivity contribution < 1.29 is 23.5 Å². The van der Waals surface area contributed by atoms with Crippen molar-refractivity contribution in [2.75, 3.05) is 5.32 Å². The Labute approximate surface area is 122 Å². The van der Waals surface area contributed by atoms with E-state index in [1.54, 1.807) is 0 Å². The minimum Gasteiger partial charge on any atom is -0.481 e. The Morgan fingerprint density at radius 3 is 2.67 bits per heavy atom. The van der Waals surface area contributed by atoms with Crippen molar-refractivity contribution in [2.24, 2.45) is 0 Å². The van der Waals surface area contributed by atoms with Gasteiger partial charge in [0.05, 0.1) is 18.5 Å². The molecule has 0 spiro atoms. The fourth-order valence-electron chi connectivity index (χ4n) is 1.60. The van der Waals surface area contributed by atoms with Crippen LogP contribution in [-0.4, -0.2) is 22.0 Å². The van der Waals surface area contributed by atoms with Gasteiger partial charge in [0, 0.05) is 5.38 Å².